The fraction of sp³-hybridized carbons (Fsp3) is 0.444. The molecule has 10 nitrogen and oxygen atoms in total. The van der Waals surface area contributed by atoms with Gasteiger partial charge in [-0.25, -0.2) is 0 Å². The van der Waals surface area contributed by atoms with Crippen molar-refractivity contribution in [3.8, 4) is 22.9 Å². The van der Waals surface area contributed by atoms with Gasteiger partial charge < -0.3 is 24.0 Å². The quantitative estimate of drug-likeness (QED) is 0.219. The normalized spacial score (nSPS) is 19.8. The van der Waals surface area contributed by atoms with Crippen molar-refractivity contribution < 1.29 is 32.2 Å². The van der Waals surface area contributed by atoms with Crippen LogP contribution in [-0.2, 0) is 9.53 Å². The van der Waals surface area contributed by atoms with Gasteiger partial charge in [-0.2, -0.15) is 28.2 Å². The molecular weight excluding hydrogens is 637 g/mol. The van der Waals surface area contributed by atoms with Gasteiger partial charge in [0.2, 0.25) is 5.91 Å². The van der Waals surface area contributed by atoms with Crippen molar-refractivity contribution in [3.63, 3.8) is 0 Å². The van der Waals surface area contributed by atoms with E-state index in [2.05, 4.69) is 28.3 Å². The van der Waals surface area contributed by atoms with E-state index in [1.54, 1.807) is 17.2 Å². The SMILES string of the molecule is C=CC(=O)N1CC2(CCN(c3nc(OC4CC5(COC5)C4)nc4c(OCC(F)(F)F)c(-c5c(C)ccc6[nH]ncc56)c(C=C)cc34)CC2)C1. The number of halogens is 3. The van der Waals surface area contributed by atoms with Gasteiger partial charge in [-0.15, -0.1) is 0 Å². The zero-order valence-corrected chi connectivity index (χ0v) is 27.2. The van der Waals surface area contributed by atoms with Crippen molar-refractivity contribution in [3.05, 3.63) is 54.8 Å². The second-order valence-corrected chi connectivity index (χ2v) is 14.1. The van der Waals surface area contributed by atoms with Crippen LogP contribution in [0.15, 0.2) is 43.6 Å². The molecule has 5 heterocycles. The predicted octanol–water partition coefficient (Wildman–Crippen LogP) is 6.24. The molecule has 2 aromatic carbocycles. The lowest BCUT2D eigenvalue weighted by molar-refractivity contribution is -0.192. The summed E-state index contributed by atoms with van der Waals surface area (Å²) in [6.07, 6.45) is 3.15. The number of ether oxygens (including phenoxy) is 3. The van der Waals surface area contributed by atoms with Crippen molar-refractivity contribution in [1.29, 1.82) is 0 Å². The van der Waals surface area contributed by atoms with Crippen molar-refractivity contribution in [2.75, 3.05) is 50.9 Å². The molecule has 2 aromatic heterocycles. The summed E-state index contributed by atoms with van der Waals surface area (Å²) in [5.74, 6) is 0.487. The molecule has 49 heavy (non-hydrogen) atoms. The zero-order chi connectivity index (χ0) is 34.1. The Morgan fingerprint density at radius 2 is 1.86 bits per heavy atom. The molecule has 2 spiro atoms. The number of hydrogen-bond acceptors (Lipinski definition) is 8. The fourth-order valence-corrected chi connectivity index (χ4v) is 8.01. The summed E-state index contributed by atoms with van der Waals surface area (Å²) >= 11 is 0. The number of carbonyl (C=O) groups excluding carboxylic acids is 1. The van der Waals surface area contributed by atoms with Crippen LogP contribution < -0.4 is 14.4 Å². The van der Waals surface area contributed by atoms with Crippen LogP contribution in [0.2, 0.25) is 0 Å². The van der Waals surface area contributed by atoms with Gasteiger partial charge in [-0.3, -0.25) is 9.89 Å². The maximum Gasteiger partial charge on any atom is 0.422 e. The average Bonchev–Trinajstić information content (AvgIpc) is 3.51. The number of H-pyrrole nitrogens is 1. The maximum atomic E-state index is 13.9. The molecule has 0 atom stereocenters. The van der Waals surface area contributed by atoms with Crippen LogP contribution in [0.25, 0.3) is 39.0 Å². The molecule has 4 aliphatic rings. The van der Waals surface area contributed by atoms with Gasteiger partial charge in [-0.05, 0) is 67.5 Å². The number of aryl methyl sites for hydroxylation is 1. The number of aromatic nitrogens is 4. The van der Waals surface area contributed by atoms with Gasteiger partial charge in [0.05, 0.1) is 24.9 Å². The zero-order valence-electron chi connectivity index (χ0n) is 27.2. The van der Waals surface area contributed by atoms with Crippen LogP contribution in [0, 0.1) is 17.8 Å². The van der Waals surface area contributed by atoms with E-state index in [1.807, 2.05) is 25.1 Å². The number of alkyl halides is 3. The molecule has 3 saturated heterocycles. The van der Waals surface area contributed by atoms with Crippen LogP contribution >= 0.6 is 0 Å². The molecule has 0 bridgehead atoms. The highest BCUT2D eigenvalue weighted by molar-refractivity contribution is 6.07. The summed E-state index contributed by atoms with van der Waals surface area (Å²) in [6, 6.07) is 5.76. The largest absolute Gasteiger partial charge is 0.481 e. The molecule has 4 aromatic rings. The average molecular weight is 675 g/mol. The third kappa shape index (κ3) is 5.48. The topological polar surface area (TPSA) is 106 Å². The molecule has 0 radical (unpaired) electrons. The Kier molecular flexibility index (Phi) is 7.40. The third-order valence-corrected chi connectivity index (χ3v) is 10.7. The molecule has 13 heteroatoms. The minimum atomic E-state index is -4.60. The smallest absolute Gasteiger partial charge is 0.422 e. The fourth-order valence-electron chi connectivity index (χ4n) is 8.01. The summed E-state index contributed by atoms with van der Waals surface area (Å²) < 4.78 is 59.2. The molecule has 0 unspecified atom stereocenters. The Labute approximate surface area is 280 Å². The summed E-state index contributed by atoms with van der Waals surface area (Å²) in [7, 11) is 0. The highest BCUT2D eigenvalue weighted by atomic mass is 19.4. The summed E-state index contributed by atoms with van der Waals surface area (Å²) in [5, 5.41) is 8.45. The van der Waals surface area contributed by atoms with Crippen molar-refractivity contribution in [2.24, 2.45) is 10.8 Å². The number of rotatable bonds is 8. The highest BCUT2D eigenvalue weighted by Crippen LogP contribution is 2.50. The molecule has 4 fully saturated rings. The Morgan fingerprint density at radius 1 is 1.10 bits per heavy atom. The number of anilines is 1. The van der Waals surface area contributed by atoms with Crippen molar-refractivity contribution >= 4 is 39.6 Å². The molecular formula is C36H37F3N6O4. The van der Waals surface area contributed by atoms with Crippen molar-refractivity contribution in [1.82, 2.24) is 25.1 Å². The first-order valence-electron chi connectivity index (χ1n) is 16.5. The van der Waals surface area contributed by atoms with Gasteiger partial charge in [-0.1, -0.05) is 25.3 Å². The van der Waals surface area contributed by atoms with E-state index in [0.717, 1.165) is 42.1 Å². The summed E-state index contributed by atoms with van der Waals surface area (Å²) in [6.45, 7) is 12.1. The van der Waals surface area contributed by atoms with E-state index in [0.29, 0.717) is 67.3 Å². The number of likely N-dealkylation sites (tertiary alicyclic amines) is 1. The van der Waals surface area contributed by atoms with Crippen LogP contribution in [0.3, 0.4) is 0 Å². The summed E-state index contributed by atoms with van der Waals surface area (Å²) in [5.41, 5.74) is 3.64. The molecule has 8 rings (SSSR count). The predicted molar refractivity (Wildman–Crippen MR) is 179 cm³/mol. The number of hydrogen-bond donors (Lipinski definition) is 1. The lowest BCUT2D eigenvalue weighted by atomic mass is 9.65. The minimum absolute atomic E-state index is 0.0152. The minimum Gasteiger partial charge on any atom is -0.481 e. The number of nitrogens with one attached hydrogen (secondary N) is 1. The number of piperidine rings is 1. The van der Waals surface area contributed by atoms with Crippen LogP contribution in [0.4, 0.5) is 19.0 Å². The first-order chi connectivity index (χ1) is 23.5. The lowest BCUT2D eigenvalue weighted by Crippen LogP contribution is -2.61. The van der Waals surface area contributed by atoms with E-state index >= 15 is 0 Å². The number of amides is 1. The van der Waals surface area contributed by atoms with Crippen LogP contribution in [0.5, 0.6) is 11.8 Å². The highest BCUT2D eigenvalue weighted by Gasteiger charge is 2.51. The summed E-state index contributed by atoms with van der Waals surface area (Å²) in [4.78, 5) is 25.8. The number of fused-ring (bicyclic) bond motifs is 2. The first-order valence-corrected chi connectivity index (χ1v) is 16.5. The first kappa shape index (κ1) is 31.6. The number of nitrogens with zero attached hydrogens (tertiary/aromatic N) is 5. The Balaban J connectivity index is 1.26. The second kappa shape index (κ2) is 11.5. The van der Waals surface area contributed by atoms with E-state index in [1.165, 1.54) is 6.08 Å². The number of aromatic amines is 1. The molecule has 1 N–H and O–H groups in total. The van der Waals surface area contributed by atoms with Crippen molar-refractivity contribution in [2.45, 2.75) is 44.9 Å². The Hall–Kier alpha value is -4.65. The molecule has 256 valence electrons. The lowest BCUT2D eigenvalue weighted by Gasteiger charge is -2.54. The van der Waals surface area contributed by atoms with E-state index in [4.69, 9.17) is 24.2 Å². The van der Waals surface area contributed by atoms with Gasteiger partial charge in [0.25, 0.3) is 0 Å². The van der Waals surface area contributed by atoms with Gasteiger partial charge in [0.1, 0.15) is 17.4 Å². The number of benzene rings is 2. The third-order valence-electron chi connectivity index (χ3n) is 10.7. The van der Waals surface area contributed by atoms with Gasteiger partial charge >= 0.3 is 12.2 Å². The second-order valence-electron chi connectivity index (χ2n) is 14.1. The monoisotopic (exact) mass is 674 g/mol. The van der Waals surface area contributed by atoms with E-state index < -0.39 is 12.8 Å². The number of carbonyl (C=O) groups is 1. The van der Waals surface area contributed by atoms with E-state index in [-0.39, 0.29) is 40.1 Å². The maximum absolute atomic E-state index is 13.9. The molecule has 1 amide bonds. The molecule has 3 aliphatic heterocycles. The van der Waals surface area contributed by atoms with Crippen LogP contribution in [-0.4, -0.2) is 89.3 Å². The molecule has 1 saturated carbocycles. The van der Waals surface area contributed by atoms with E-state index in [9.17, 15) is 18.0 Å². The molecule has 1 aliphatic carbocycles. The Morgan fingerprint density at radius 3 is 2.51 bits per heavy atom. The standard InChI is InChI=1S/C36H37F3N6O4/c1-4-22-12-24-30(31(48-20-36(37,38)39)29(22)28-21(3)6-7-26-25(28)15-40-43-26)41-33(49-23-13-35(14-23)18-47-19-35)42-32(24)44-10-8-34(9-11-44)16-45(17-34)27(46)5-2/h4-7,12,15,23H,1-2,8-11,13-14,16-20H2,3H3,(H,40,43). The van der Waals surface area contributed by atoms with Crippen LogP contribution in [0.1, 0.15) is 36.8 Å². The van der Waals surface area contributed by atoms with Gasteiger partial charge in [0, 0.05) is 53.3 Å². The Bertz CT molecular complexity index is 1980. The van der Waals surface area contributed by atoms with Gasteiger partial charge in [0.15, 0.2) is 12.4 Å².